The Bertz CT molecular complexity index is 635. The monoisotopic (exact) mass is 312 g/mol. The molecule has 3 rings (SSSR count). The SMILES string of the molecule is CN(c1ccc(S(C)(=O)=O)cc1F)C1CC2CCC(C1)N2. The van der Waals surface area contributed by atoms with Crippen LogP contribution in [0.3, 0.4) is 0 Å². The molecule has 2 fully saturated rings. The van der Waals surface area contributed by atoms with Crippen LogP contribution in [0.25, 0.3) is 0 Å². The number of hydrogen-bond acceptors (Lipinski definition) is 4. The van der Waals surface area contributed by atoms with Gasteiger partial charge in [-0.15, -0.1) is 0 Å². The van der Waals surface area contributed by atoms with E-state index in [0.717, 1.165) is 25.2 Å². The molecule has 0 radical (unpaired) electrons. The van der Waals surface area contributed by atoms with E-state index in [-0.39, 0.29) is 4.90 Å². The number of benzene rings is 1. The van der Waals surface area contributed by atoms with E-state index in [9.17, 15) is 12.8 Å². The molecule has 2 heterocycles. The third-order valence-electron chi connectivity index (χ3n) is 4.72. The van der Waals surface area contributed by atoms with Crippen molar-refractivity contribution in [3.8, 4) is 0 Å². The molecule has 0 amide bonds. The summed E-state index contributed by atoms with van der Waals surface area (Å²) in [6.07, 6.45) is 5.52. The van der Waals surface area contributed by atoms with Crippen molar-refractivity contribution in [3.05, 3.63) is 24.0 Å². The average Bonchev–Trinajstić information content (AvgIpc) is 2.75. The number of anilines is 1. The Balaban J connectivity index is 1.83. The molecule has 2 aliphatic rings. The standard InChI is InChI=1S/C15H21FN2O2S/c1-18(12-7-10-3-4-11(8-12)17-10)15-6-5-13(9-14(15)16)21(2,19)20/h5-6,9-12,17H,3-4,7-8H2,1-2H3. The predicted molar refractivity (Wildman–Crippen MR) is 80.9 cm³/mol. The van der Waals surface area contributed by atoms with Crippen molar-refractivity contribution in [2.24, 2.45) is 0 Å². The van der Waals surface area contributed by atoms with E-state index >= 15 is 0 Å². The molecule has 4 nitrogen and oxygen atoms in total. The van der Waals surface area contributed by atoms with Crippen molar-refractivity contribution < 1.29 is 12.8 Å². The average molecular weight is 312 g/mol. The van der Waals surface area contributed by atoms with Crippen molar-refractivity contribution in [2.45, 2.75) is 48.7 Å². The third kappa shape index (κ3) is 2.92. The molecule has 2 saturated heterocycles. The first-order valence-corrected chi connectivity index (χ1v) is 9.22. The van der Waals surface area contributed by atoms with E-state index in [4.69, 9.17) is 0 Å². The zero-order valence-electron chi connectivity index (χ0n) is 12.3. The smallest absolute Gasteiger partial charge is 0.175 e. The largest absolute Gasteiger partial charge is 0.369 e. The summed E-state index contributed by atoms with van der Waals surface area (Å²) in [6, 6.07) is 5.57. The van der Waals surface area contributed by atoms with Crippen molar-refractivity contribution in [1.29, 1.82) is 0 Å². The Morgan fingerprint density at radius 2 is 1.86 bits per heavy atom. The van der Waals surface area contributed by atoms with Gasteiger partial charge in [0.25, 0.3) is 0 Å². The van der Waals surface area contributed by atoms with Gasteiger partial charge < -0.3 is 10.2 Å². The number of piperidine rings is 1. The van der Waals surface area contributed by atoms with Gasteiger partial charge in [-0.1, -0.05) is 0 Å². The number of rotatable bonds is 3. The van der Waals surface area contributed by atoms with Gasteiger partial charge in [0.05, 0.1) is 10.6 Å². The van der Waals surface area contributed by atoms with Crippen LogP contribution in [0.2, 0.25) is 0 Å². The van der Waals surface area contributed by atoms with Crippen LogP contribution in [0, 0.1) is 5.82 Å². The molecular formula is C15H21FN2O2S. The quantitative estimate of drug-likeness (QED) is 0.927. The van der Waals surface area contributed by atoms with E-state index in [1.54, 1.807) is 6.07 Å². The number of hydrogen-bond donors (Lipinski definition) is 1. The highest BCUT2D eigenvalue weighted by atomic mass is 32.2. The van der Waals surface area contributed by atoms with Gasteiger partial charge in [0, 0.05) is 31.4 Å². The number of sulfone groups is 1. The lowest BCUT2D eigenvalue weighted by molar-refractivity contribution is 0.353. The summed E-state index contributed by atoms with van der Waals surface area (Å²) < 4.78 is 37.2. The molecule has 0 aliphatic carbocycles. The number of nitrogens with zero attached hydrogens (tertiary/aromatic N) is 1. The van der Waals surface area contributed by atoms with Crippen molar-refractivity contribution >= 4 is 15.5 Å². The first-order valence-electron chi connectivity index (χ1n) is 7.33. The maximum absolute atomic E-state index is 14.3. The zero-order chi connectivity index (χ0) is 15.2. The molecule has 2 atom stereocenters. The molecule has 21 heavy (non-hydrogen) atoms. The van der Waals surface area contributed by atoms with Crippen LogP contribution in [-0.4, -0.2) is 39.8 Å². The summed E-state index contributed by atoms with van der Waals surface area (Å²) in [4.78, 5) is 2.00. The fraction of sp³-hybridized carbons (Fsp3) is 0.600. The fourth-order valence-corrected chi connectivity index (χ4v) is 4.18. The molecule has 1 aromatic carbocycles. The first-order chi connectivity index (χ1) is 9.84. The predicted octanol–water partition coefficient (Wildman–Crippen LogP) is 1.95. The molecule has 0 aromatic heterocycles. The summed E-state index contributed by atoms with van der Waals surface area (Å²) in [5.41, 5.74) is 0.480. The van der Waals surface area contributed by atoms with Crippen LogP contribution in [0.15, 0.2) is 23.1 Å². The Morgan fingerprint density at radius 3 is 2.38 bits per heavy atom. The second kappa shape index (κ2) is 5.25. The summed E-state index contributed by atoms with van der Waals surface area (Å²) in [5, 5.41) is 3.57. The van der Waals surface area contributed by atoms with E-state index < -0.39 is 15.7 Å². The molecule has 6 heteroatoms. The summed E-state index contributed by atoms with van der Waals surface area (Å²) in [5.74, 6) is -0.466. The number of fused-ring (bicyclic) bond motifs is 2. The lowest BCUT2D eigenvalue weighted by Gasteiger charge is -2.37. The van der Waals surface area contributed by atoms with Crippen LogP contribution in [0.5, 0.6) is 0 Å². The lowest BCUT2D eigenvalue weighted by atomic mass is 9.98. The van der Waals surface area contributed by atoms with Gasteiger partial charge in [-0.25, -0.2) is 12.8 Å². The van der Waals surface area contributed by atoms with Crippen molar-refractivity contribution in [3.63, 3.8) is 0 Å². The van der Waals surface area contributed by atoms with Crippen LogP contribution in [-0.2, 0) is 9.84 Å². The van der Waals surface area contributed by atoms with Crippen molar-refractivity contribution in [1.82, 2.24) is 5.32 Å². The number of nitrogens with one attached hydrogen (secondary N) is 1. The Morgan fingerprint density at radius 1 is 1.24 bits per heavy atom. The van der Waals surface area contributed by atoms with Crippen molar-refractivity contribution in [2.75, 3.05) is 18.2 Å². The van der Waals surface area contributed by atoms with E-state index in [1.807, 2.05) is 11.9 Å². The molecule has 1 aromatic rings. The van der Waals surface area contributed by atoms with Crippen LogP contribution in [0.1, 0.15) is 25.7 Å². The summed E-state index contributed by atoms with van der Waals surface area (Å²) >= 11 is 0. The molecule has 2 unspecified atom stereocenters. The van der Waals surface area contributed by atoms with Gasteiger partial charge in [0.1, 0.15) is 5.82 Å². The van der Waals surface area contributed by atoms with E-state index in [1.165, 1.54) is 18.9 Å². The van der Waals surface area contributed by atoms with Gasteiger partial charge >= 0.3 is 0 Å². The molecule has 0 spiro atoms. The highest BCUT2D eigenvalue weighted by Crippen LogP contribution is 2.32. The minimum Gasteiger partial charge on any atom is -0.369 e. The minimum atomic E-state index is -3.37. The van der Waals surface area contributed by atoms with Gasteiger partial charge in [-0.3, -0.25) is 0 Å². The zero-order valence-corrected chi connectivity index (χ0v) is 13.2. The second-order valence-electron chi connectivity index (χ2n) is 6.26. The topological polar surface area (TPSA) is 49.4 Å². The Hall–Kier alpha value is -1.14. The molecule has 2 bridgehead atoms. The van der Waals surface area contributed by atoms with Gasteiger partial charge in [-0.05, 0) is 43.9 Å². The maximum Gasteiger partial charge on any atom is 0.175 e. The molecule has 116 valence electrons. The van der Waals surface area contributed by atoms with Crippen LogP contribution >= 0.6 is 0 Å². The summed E-state index contributed by atoms with van der Waals surface area (Å²) in [6.45, 7) is 0. The molecular weight excluding hydrogens is 291 g/mol. The van der Waals surface area contributed by atoms with Crippen LogP contribution in [0.4, 0.5) is 10.1 Å². The van der Waals surface area contributed by atoms with Gasteiger partial charge in [0.2, 0.25) is 0 Å². The van der Waals surface area contributed by atoms with Crippen LogP contribution < -0.4 is 10.2 Å². The van der Waals surface area contributed by atoms with E-state index in [2.05, 4.69) is 5.32 Å². The Labute approximate surface area is 125 Å². The third-order valence-corrected chi connectivity index (χ3v) is 5.83. The Kier molecular flexibility index (Phi) is 3.69. The first kappa shape index (κ1) is 14.8. The second-order valence-corrected chi connectivity index (χ2v) is 8.28. The number of halogens is 1. The normalized spacial score (nSPS) is 28.6. The van der Waals surface area contributed by atoms with E-state index in [0.29, 0.717) is 23.8 Å². The molecule has 1 N–H and O–H groups in total. The molecule has 0 saturated carbocycles. The van der Waals surface area contributed by atoms with Gasteiger partial charge in [0.15, 0.2) is 9.84 Å². The highest BCUT2D eigenvalue weighted by molar-refractivity contribution is 7.90. The highest BCUT2D eigenvalue weighted by Gasteiger charge is 2.35. The summed E-state index contributed by atoms with van der Waals surface area (Å²) in [7, 11) is -1.47. The maximum atomic E-state index is 14.3. The molecule has 2 aliphatic heterocycles. The lowest BCUT2D eigenvalue weighted by Crippen LogP contribution is -2.47. The van der Waals surface area contributed by atoms with Gasteiger partial charge in [-0.2, -0.15) is 0 Å². The fourth-order valence-electron chi connectivity index (χ4n) is 3.54. The minimum absolute atomic E-state index is 0.0301.